The number of nitrogens with zero attached hydrogens (tertiary/aromatic N) is 5. The Morgan fingerprint density at radius 2 is 1.30 bits per heavy atom. The number of hydrogen-bond acceptors (Lipinski definition) is 7. The summed E-state index contributed by atoms with van der Waals surface area (Å²) in [6, 6.07) is 38.2. The summed E-state index contributed by atoms with van der Waals surface area (Å²) in [7, 11) is 3.21. The molecule has 7 rings (SSSR count). The molecule has 1 N–H and O–H groups in total. The molecular formula is C44H46N6O3. The van der Waals surface area contributed by atoms with Crippen molar-refractivity contribution in [3.8, 4) is 34.1 Å². The van der Waals surface area contributed by atoms with E-state index in [0.717, 1.165) is 47.9 Å². The van der Waals surface area contributed by atoms with Gasteiger partial charge in [0, 0.05) is 11.5 Å². The largest absolute Gasteiger partial charge is 0.493 e. The molecule has 53 heavy (non-hydrogen) atoms. The topological polar surface area (TPSA) is 104 Å². The zero-order chi connectivity index (χ0) is 37.0. The molecule has 9 heteroatoms. The molecule has 0 unspecified atom stereocenters. The number of aromatic nitrogens is 5. The lowest BCUT2D eigenvalue weighted by molar-refractivity contribution is -0.121. The van der Waals surface area contributed by atoms with Gasteiger partial charge in [-0.1, -0.05) is 112 Å². The predicted molar refractivity (Wildman–Crippen MR) is 208 cm³/mol. The molecule has 1 fully saturated rings. The molecule has 9 nitrogen and oxygen atoms in total. The first-order chi connectivity index (χ1) is 25.7. The lowest BCUT2D eigenvalue weighted by Crippen LogP contribution is -2.39. The zero-order valence-corrected chi connectivity index (χ0v) is 31.0. The van der Waals surface area contributed by atoms with Crippen LogP contribution < -0.4 is 14.8 Å². The van der Waals surface area contributed by atoms with E-state index in [0.29, 0.717) is 40.2 Å². The summed E-state index contributed by atoms with van der Waals surface area (Å²) in [5, 5.41) is 17.9. The van der Waals surface area contributed by atoms with E-state index in [2.05, 4.69) is 62.5 Å². The van der Waals surface area contributed by atoms with Crippen molar-refractivity contribution >= 4 is 11.6 Å². The van der Waals surface area contributed by atoms with Crippen LogP contribution in [0.5, 0.6) is 11.5 Å². The van der Waals surface area contributed by atoms with E-state index in [1.807, 2.05) is 78.9 Å². The normalized spacial score (nSPS) is 16.2. The smallest absolute Gasteiger partial charge is 0.227 e. The highest BCUT2D eigenvalue weighted by Crippen LogP contribution is 2.42. The number of amides is 1. The fourth-order valence-electron chi connectivity index (χ4n) is 7.73. The van der Waals surface area contributed by atoms with E-state index in [4.69, 9.17) is 29.9 Å². The Hall–Kier alpha value is -5.83. The summed E-state index contributed by atoms with van der Waals surface area (Å²) in [5.74, 6) is 2.10. The first-order valence-electron chi connectivity index (χ1n) is 18.2. The number of anilines is 1. The molecule has 0 atom stereocenters. The average molecular weight is 707 g/mol. The van der Waals surface area contributed by atoms with E-state index >= 15 is 0 Å². The number of hydrogen-bond donors (Lipinski definition) is 1. The SMILES string of the molecule is COc1ccc(-c2ncc(NC(=O)C3CCC(C(C)(C)C)CC3)cc2-c2nnn(C(c3ccccc3)(c3ccccc3)c3ccccc3)n2)cc1OC. The van der Waals surface area contributed by atoms with Gasteiger partial charge in [-0.15, -0.1) is 15.0 Å². The van der Waals surface area contributed by atoms with Gasteiger partial charge < -0.3 is 14.8 Å². The maximum absolute atomic E-state index is 13.7. The van der Waals surface area contributed by atoms with Crippen LogP contribution in [0.2, 0.25) is 0 Å². The first-order valence-corrected chi connectivity index (χ1v) is 18.2. The van der Waals surface area contributed by atoms with Gasteiger partial charge in [0.1, 0.15) is 0 Å². The molecule has 0 spiro atoms. The summed E-state index contributed by atoms with van der Waals surface area (Å²) in [6.45, 7) is 6.87. The number of carbonyl (C=O) groups is 1. The number of rotatable bonds is 10. The predicted octanol–water partition coefficient (Wildman–Crippen LogP) is 9.05. The first kappa shape index (κ1) is 35.6. The van der Waals surface area contributed by atoms with Gasteiger partial charge >= 0.3 is 0 Å². The maximum Gasteiger partial charge on any atom is 0.227 e. The molecule has 6 aromatic rings. The number of tetrazole rings is 1. The van der Waals surface area contributed by atoms with Crippen molar-refractivity contribution in [3.63, 3.8) is 0 Å². The van der Waals surface area contributed by atoms with Crippen LogP contribution in [0.3, 0.4) is 0 Å². The Morgan fingerprint density at radius 1 is 0.736 bits per heavy atom. The molecule has 0 bridgehead atoms. The monoisotopic (exact) mass is 706 g/mol. The minimum absolute atomic E-state index is 0.0110. The second kappa shape index (κ2) is 15.0. The summed E-state index contributed by atoms with van der Waals surface area (Å²) < 4.78 is 11.2. The van der Waals surface area contributed by atoms with Crippen molar-refractivity contribution in [1.29, 1.82) is 0 Å². The number of benzene rings is 4. The van der Waals surface area contributed by atoms with Gasteiger partial charge in [0.05, 0.1) is 37.4 Å². The minimum atomic E-state index is -0.955. The molecule has 0 aliphatic heterocycles. The highest BCUT2D eigenvalue weighted by molar-refractivity contribution is 5.94. The number of methoxy groups -OCH3 is 2. The Kier molecular flexibility index (Phi) is 10.1. The molecular weight excluding hydrogens is 661 g/mol. The molecule has 1 amide bonds. The number of ether oxygens (including phenoxy) is 2. The van der Waals surface area contributed by atoms with Crippen LogP contribution >= 0.6 is 0 Å². The van der Waals surface area contributed by atoms with Crippen LogP contribution in [0, 0.1) is 17.3 Å². The number of pyridine rings is 1. The van der Waals surface area contributed by atoms with Crippen LogP contribution in [0.25, 0.3) is 22.6 Å². The van der Waals surface area contributed by atoms with Crippen molar-refractivity contribution in [2.24, 2.45) is 17.3 Å². The third kappa shape index (κ3) is 7.03. The van der Waals surface area contributed by atoms with Gasteiger partial charge in [-0.25, -0.2) is 0 Å². The van der Waals surface area contributed by atoms with E-state index in [-0.39, 0.29) is 17.2 Å². The summed E-state index contributed by atoms with van der Waals surface area (Å²) >= 11 is 0. The van der Waals surface area contributed by atoms with E-state index < -0.39 is 5.54 Å². The van der Waals surface area contributed by atoms with Gasteiger partial charge in [0.25, 0.3) is 0 Å². The molecule has 1 saturated carbocycles. The average Bonchev–Trinajstić information content (AvgIpc) is 3.69. The quantitative estimate of drug-likeness (QED) is 0.142. The lowest BCUT2D eigenvalue weighted by atomic mass is 9.69. The van der Waals surface area contributed by atoms with Crippen LogP contribution in [-0.2, 0) is 10.3 Å². The van der Waals surface area contributed by atoms with Gasteiger partial charge in [0.15, 0.2) is 17.0 Å². The molecule has 1 aliphatic rings. The fourth-order valence-corrected chi connectivity index (χ4v) is 7.73. The van der Waals surface area contributed by atoms with Crippen LogP contribution in [0.1, 0.15) is 63.1 Å². The van der Waals surface area contributed by atoms with Crippen molar-refractivity contribution in [2.45, 2.75) is 52.0 Å². The molecule has 2 heterocycles. The molecule has 0 radical (unpaired) electrons. The van der Waals surface area contributed by atoms with Gasteiger partial charge in [-0.3, -0.25) is 9.78 Å². The van der Waals surface area contributed by atoms with Gasteiger partial charge in [-0.05, 0) is 83.2 Å². The number of carbonyl (C=O) groups excluding carboxylic acids is 1. The third-order valence-corrected chi connectivity index (χ3v) is 10.7. The molecule has 2 aromatic heterocycles. The Labute approximate surface area is 311 Å². The summed E-state index contributed by atoms with van der Waals surface area (Å²) in [5.41, 5.74) is 4.77. The standard InChI is InChI=1S/C44H46N6O3/c1-43(2,3)32-24-21-30(22-25-32)42(51)46-36-28-37(40(45-29-36)31-23-26-38(52-4)39(27-31)53-5)41-47-49-50(48-41)44(33-15-9-6-10-16-33,34-17-11-7-12-18-34)35-19-13-8-14-20-35/h6-20,23,26-30,32H,21-22,24-25H2,1-5H3,(H,46,51). The third-order valence-electron chi connectivity index (χ3n) is 10.7. The fraction of sp³-hybridized carbons (Fsp3) is 0.295. The molecule has 270 valence electrons. The highest BCUT2D eigenvalue weighted by atomic mass is 16.5. The second-order valence-electron chi connectivity index (χ2n) is 14.8. The zero-order valence-electron chi connectivity index (χ0n) is 31.0. The highest BCUT2D eigenvalue weighted by Gasteiger charge is 2.41. The Bertz CT molecular complexity index is 2060. The molecule has 4 aromatic carbocycles. The van der Waals surface area contributed by atoms with Crippen LogP contribution in [0.4, 0.5) is 5.69 Å². The van der Waals surface area contributed by atoms with Gasteiger partial charge in [0.2, 0.25) is 11.7 Å². The van der Waals surface area contributed by atoms with Crippen molar-refractivity contribution in [3.05, 3.63) is 138 Å². The second-order valence-corrected chi connectivity index (χ2v) is 14.8. The van der Waals surface area contributed by atoms with Crippen molar-refractivity contribution in [2.75, 3.05) is 19.5 Å². The minimum Gasteiger partial charge on any atom is -0.493 e. The maximum atomic E-state index is 13.7. The van der Waals surface area contributed by atoms with Crippen molar-refractivity contribution < 1.29 is 14.3 Å². The van der Waals surface area contributed by atoms with Crippen molar-refractivity contribution in [1.82, 2.24) is 25.2 Å². The van der Waals surface area contributed by atoms with E-state index in [1.54, 1.807) is 25.2 Å². The molecule has 0 saturated heterocycles. The number of nitrogens with one attached hydrogen (secondary N) is 1. The molecule has 1 aliphatic carbocycles. The summed E-state index contributed by atoms with van der Waals surface area (Å²) in [4.78, 5) is 20.3. The van der Waals surface area contributed by atoms with Crippen LogP contribution in [0.15, 0.2) is 121 Å². The van der Waals surface area contributed by atoms with E-state index in [9.17, 15) is 4.79 Å². The lowest BCUT2D eigenvalue weighted by Gasteiger charge is -2.36. The Morgan fingerprint density at radius 3 is 1.83 bits per heavy atom. The van der Waals surface area contributed by atoms with Crippen LogP contribution in [-0.4, -0.2) is 45.3 Å². The van der Waals surface area contributed by atoms with Gasteiger partial charge in [-0.2, -0.15) is 0 Å². The van der Waals surface area contributed by atoms with E-state index in [1.165, 1.54) is 0 Å². The summed E-state index contributed by atoms with van der Waals surface area (Å²) in [6.07, 6.45) is 5.52. The Balaban J connectivity index is 1.35.